The Kier molecular flexibility index (Phi) is 18.9. The molecule has 14 nitrogen and oxygen atoms in total. The molecule has 0 aliphatic carbocycles. The molecule has 0 spiro atoms. The van der Waals surface area contributed by atoms with E-state index in [1.54, 1.807) is 6.92 Å². The molecule has 2 aromatic carbocycles. The molecule has 23 heteroatoms. The molecule has 4 aromatic rings. The number of ether oxygens (including phenoxy) is 2. The van der Waals surface area contributed by atoms with Crippen molar-refractivity contribution in [2.45, 2.75) is 32.3 Å². The first-order valence-corrected chi connectivity index (χ1v) is 21.4. The molecule has 4 rings (SSSR count). The molecule has 0 aliphatic heterocycles. The lowest BCUT2D eigenvalue weighted by Gasteiger charge is -2.23. The molecule has 0 bridgehead atoms. The summed E-state index contributed by atoms with van der Waals surface area (Å²) in [5, 5.41) is -0.369. The number of hydrogen-bond donors (Lipinski definition) is 1. The molecule has 54 heavy (non-hydrogen) atoms. The predicted octanol–water partition coefficient (Wildman–Crippen LogP) is 7.55. The van der Waals surface area contributed by atoms with Crippen LogP contribution in [-0.4, -0.2) is 73.4 Å². The van der Waals surface area contributed by atoms with Crippen molar-refractivity contribution in [1.82, 2.24) is 19.9 Å². The largest absolute Gasteiger partial charge is 0.464 e. The molecule has 294 valence electrons. The highest BCUT2D eigenvalue weighted by Crippen LogP contribution is 2.32. The van der Waals surface area contributed by atoms with E-state index in [0.29, 0.717) is 0 Å². The van der Waals surface area contributed by atoms with Crippen LogP contribution in [0.25, 0.3) is 0 Å². The first-order chi connectivity index (χ1) is 25.4. The lowest BCUT2D eigenvalue weighted by atomic mass is 10.2. The van der Waals surface area contributed by atoms with Crippen molar-refractivity contribution in [1.29, 1.82) is 0 Å². The van der Waals surface area contributed by atoms with Gasteiger partial charge in [0.15, 0.2) is 23.0 Å². The van der Waals surface area contributed by atoms with E-state index in [1.807, 2.05) is 0 Å². The molecule has 0 fully saturated rings. The number of esters is 2. The second-order valence-electron chi connectivity index (χ2n) is 9.89. The van der Waals surface area contributed by atoms with Crippen LogP contribution < -0.4 is 9.03 Å². The minimum atomic E-state index is -4.17. The van der Waals surface area contributed by atoms with Gasteiger partial charge in [0.1, 0.15) is 11.6 Å². The maximum Gasteiger partial charge on any atom is 0.360 e. The Hall–Kier alpha value is -3.21. The summed E-state index contributed by atoms with van der Waals surface area (Å²) < 4.78 is 91.8. The van der Waals surface area contributed by atoms with Crippen molar-refractivity contribution in [3.05, 3.63) is 103 Å². The number of methoxy groups -OCH3 is 1. The Morgan fingerprint density at radius 1 is 0.778 bits per heavy atom. The SMILES string of the molecule is CCI.CCOC(=O)c1nccnc1N(CC)S(=O)(=O)Cc1c(F)ccc(Cl)c1Cl.COC(=O)c1nccnc1NS(=O)(=O)Cc1c(F)ccc(Cl)c1Cl. The first-order valence-electron chi connectivity index (χ1n) is 15.1. The number of carbonyl (C=O) groups excluding carboxylic acids is 2. The maximum atomic E-state index is 14.1. The van der Waals surface area contributed by atoms with Gasteiger partial charge in [-0.1, -0.05) is 75.9 Å². The average Bonchev–Trinajstić information content (AvgIpc) is 3.13. The van der Waals surface area contributed by atoms with Gasteiger partial charge in [-0.05, 0) is 42.5 Å². The molecule has 0 aliphatic rings. The number of anilines is 2. The Bertz CT molecular complexity index is 2180. The number of halogens is 7. The summed E-state index contributed by atoms with van der Waals surface area (Å²) in [6.07, 6.45) is 4.85. The summed E-state index contributed by atoms with van der Waals surface area (Å²) in [6, 6.07) is 4.47. The number of hydrogen-bond acceptors (Lipinski definition) is 12. The van der Waals surface area contributed by atoms with E-state index < -0.39 is 55.1 Å². The van der Waals surface area contributed by atoms with Gasteiger partial charge in [-0.2, -0.15) is 0 Å². The highest BCUT2D eigenvalue weighted by molar-refractivity contribution is 14.1. The number of aromatic nitrogens is 4. The van der Waals surface area contributed by atoms with Gasteiger partial charge in [-0.15, -0.1) is 0 Å². The zero-order chi connectivity index (χ0) is 40.8. The molecule has 0 radical (unpaired) electrons. The Morgan fingerprint density at radius 3 is 1.76 bits per heavy atom. The minimum Gasteiger partial charge on any atom is -0.464 e. The quantitative estimate of drug-likeness (QED) is 0.0637. The number of benzene rings is 2. The molecule has 1 N–H and O–H groups in total. The van der Waals surface area contributed by atoms with Gasteiger partial charge < -0.3 is 9.47 Å². The summed E-state index contributed by atoms with van der Waals surface area (Å²) in [7, 11) is -7.22. The summed E-state index contributed by atoms with van der Waals surface area (Å²) in [6.45, 7) is 5.26. The fraction of sp³-hybridized carbons (Fsp3) is 0.290. The van der Waals surface area contributed by atoms with Crippen LogP contribution in [0.4, 0.5) is 20.4 Å². The molecule has 0 unspecified atom stereocenters. The summed E-state index contributed by atoms with van der Waals surface area (Å²) in [4.78, 5) is 38.9. The Morgan fingerprint density at radius 2 is 1.26 bits per heavy atom. The molecule has 2 aromatic heterocycles. The van der Waals surface area contributed by atoms with Crippen molar-refractivity contribution in [3.63, 3.8) is 0 Å². The van der Waals surface area contributed by atoms with E-state index in [-0.39, 0.29) is 67.4 Å². The summed E-state index contributed by atoms with van der Waals surface area (Å²) in [5.74, 6) is -5.48. The highest BCUT2D eigenvalue weighted by atomic mass is 127. The summed E-state index contributed by atoms with van der Waals surface area (Å²) >= 11 is 25.7. The third-order valence-electron chi connectivity index (χ3n) is 6.28. The van der Waals surface area contributed by atoms with E-state index in [2.05, 4.69) is 58.9 Å². The van der Waals surface area contributed by atoms with E-state index in [1.165, 1.54) is 48.3 Å². The van der Waals surface area contributed by atoms with Crippen LogP contribution in [-0.2, 0) is 41.0 Å². The van der Waals surface area contributed by atoms with Crippen LogP contribution in [0, 0.1) is 11.6 Å². The molecule has 0 saturated heterocycles. The Balaban J connectivity index is 0.000000350. The van der Waals surface area contributed by atoms with Crippen LogP contribution in [0.2, 0.25) is 20.1 Å². The van der Waals surface area contributed by atoms with Crippen molar-refractivity contribution in [2.24, 2.45) is 0 Å². The van der Waals surface area contributed by atoms with Crippen molar-refractivity contribution in [3.8, 4) is 0 Å². The van der Waals surface area contributed by atoms with Gasteiger partial charge in [0.2, 0.25) is 20.0 Å². The Labute approximate surface area is 344 Å². The number of nitrogens with one attached hydrogen (secondary N) is 1. The third kappa shape index (κ3) is 12.9. The first kappa shape index (κ1) is 46.9. The number of carbonyl (C=O) groups is 2. The van der Waals surface area contributed by atoms with Gasteiger partial charge in [0.25, 0.3) is 0 Å². The summed E-state index contributed by atoms with van der Waals surface area (Å²) in [5.41, 5.74) is -1.17. The van der Waals surface area contributed by atoms with Crippen molar-refractivity contribution in [2.75, 3.05) is 33.7 Å². The van der Waals surface area contributed by atoms with E-state index in [9.17, 15) is 35.2 Å². The fourth-order valence-corrected chi connectivity index (χ4v) is 7.75. The number of nitrogens with zero attached hydrogens (tertiary/aromatic N) is 5. The zero-order valence-electron chi connectivity index (χ0n) is 28.6. The van der Waals surface area contributed by atoms with Crippen molar-refractivity contribution >= 4 is 113 Å². The lowest BCUT2D eigenvalue weighted by molar-refractivity contribution is 0.0519. The monoisotopic (exact) mass is 984 g/mol. The molecule has 0 amide bonds. The second-order valence-corrected chi connectivity index (χ2v) is 16.6. The fourth-order valence-electron chi connectivity index (χ4n) is 4.03. The average molecular weight is 986 g/mol. The van der Waals surface area contributed by atoms with Crippen LogP contribution in [0.15, 0.2) is 49.1 Å². The maximum absolute atomic E-state index is 14.1. The normalized spacial score (nSPS) is 10.9. The van der Waals surface area contributed by atoms with Gasteiger partial charge >= 0.3 is 11.9 Å². The van der Waals surface area contributed by atoms with E-state index in [4.69, 9.17) is 51.1 Å². The number of sulfonamides is 2. The van der Waals surface area contributed by atoms with Gasteiger partial charge in [0, 0.05) is 42.5 Å². The van der Waals surface area contributed by atoms with Gasteiger partial charge in [-0.25, -0.2) is 55.1 Å². The molecular weight excluding hydrogens is 955 g/mol. The standard InChI is InChI=1S/C16H16Cl2FN3O4S.C13H10Cl2FN3O4S.C2H5I/c1-3-22(15-14(16(23)26-4-2)20-7-8-21-15)27(24,25)9-10-12(19)6-5-11(17)13(10)18;1-23-13(20)11-12(18-5-4-17-11)19-24(21,22)6-7-9(16)3-2-8(14)10(7)15;1-2-3/h5-8H,3-4,9H2,1-2H3;2-5H,6H2,1H3,(H,18,19);2H2,1H3. The number of rotatable bonds is 12. The van der Waals surface area contributed by atoms with Crippen LogP contribution in [0.3, 0.4) is 0 Å². The molecule has 2 heterocycles. The highest BCUT2D eigenvalue weighted by Gasteiger charge is 2.30. The van der Waals surface area contributed by atoms with Crippen molar-refractivity contribution < 1.29 is 44.7 Å². The van der Waals surface area contributed by atoms with E-state index >= 15 is 0 Å². The smallest absolute Gasteiger partial charge is 0.360 e. The van der Waals surface area contributed by atoms with Crippen LogP contribution in [0.1, 0.15) is 52.9 Å². The van der Waals surface area contributed by atoms with Gasteiger partial charge in [-0.3, -0.25) is 9.03 Å². The van der Waals surface area contributed by atoms with Gasteiger partial charge in [0.05, 0.1) is 45.3 Å². The van der Waals surface area contributed by atoms with Crippen LogP contribution in [0.5, 0.6) is 0 Å². The third-order valence-corrected chi connectivity index (χ3v) is 10.9. The second kappa shape index (κ2) is 21.8. The topological polar surface area (TPSA) is 188 Å². The van der Waals surface area contributed by atoms with Crippen LogP contribution >= 0.6 is 69.0 Å². The molecular formula is C31H31Cl4F2IN6O8S2. The zero-order valence-corrected chi connectivity index (χ0v) is 35.4. The molecule has 0 saturated carbocycles. The lowest BCUT2D eigenvalue weighted by Crippen LogP contribution is -2.34. The molecule has 0 atom stereocenters. The minimum absolute atomic E-state index is 0.0121. The predicted molar refractivity (Wildman–Crippen MR) is 211 cm³/mol. The van der Waals surface area contributed by atoms with E-state index in [0.717, 1.165) is 23.5 Å². The number of alkyl halides is 1.